The van der Waals surface area contributed by atoms with Crippen molar-refractivity contribution in [1.29, 1.82) is 0 Å². The van der Waals surface area contributed by atoms with Crippen LogP contribution in [-0.2, 0) is 10.1 Å². The zero-order valence-corrected chi connectivity index (χ0v) is 16.2. The van der Waals surface area contributed by atoms with Crippen molar-refractivity contribution in [2.45, 2.75) is 4.90 Å². The van der Waals surface area contributed by atoms with E-state index in [1.165, 1.54) is 0 Å². The molecule has 0 radical (unpaired) electrons. The SMILES string of the molecule is Nc1cc([O-])c(C(=O)[O-])cc1S(=O)(=O)O.[K+].[K+]. The summed E-state index contributed by atoms with van der Waals surface area (Å²) in [6.45, 7) is 0. The van der Waals surface area contributed by atoms with Crippen LogP contribution in [0.2, 0.25) is 0 Å². The molecular formula is C7H5K2NO6S. The second-order valence-electron chi connectivity index (χ2n) is 2.65. The number of nitrogens with two attached hydrogens (primary N) is 1. The summed E-state index contributed by atoms with van der Waals surface area (Å²) < 4.78 is 30.0. The van der Waals surface area contributed by atoms with Crippen molar-refractivity contribution in [3.8, 4) is 5.75 Å². The monoisotopic (exact) mass is 309 g/mol. The summed E-state index contributed by atoms with van der Waals surface area (Å²) in [5.41, 5.74) is 3.73. The molecule has 0 aromatic heterocycles. The van der Waals surface area contributed by atoms with E-state index >= 15 is 0 Å². The van der Waals surface area contributed by atoms with E-state index in [0.717, 1.165) is 0 Å². The number of benzene rings is 1. The van der Waals surface area contributed by atoms with Crippen LogP contribution in [0, 0.1) is 0 Å². The molecule has 0 aliphatic heterocycles. The molecule has 0 heterocycles. The molecule has 1 aromatic rings. The van der Waals surface area contributed by atoms with E-state index in [1.54, 1.807) is 0 Å². The van der Waals surface area contributed by atoms with Crippen LogP contribution in [0.4, 0.5) is 5.69 Å². The fourth-order valence-electron chi connectivity index (χ4n) is 0.959. The van der Waals surface area contributed by atoms with Gasteiger partial charge in [-0.2, -0.15) is 8.42 Å². The van der Waals surface area contributed by atoms with Crippen LogP contribution in [0.1, 0.15) is 10.4 Å². The Hall–Kier alpha value is 1.47. The second kappa shape index (κ2) is 7.92. The molecule has 0 spiro atoms. The van der Waals surface area contributed by atoms with E-state index in [9.17, 15) is 23.4 Å². The maximum Gasteiger partial charge on any atom is 1.00 e. The molecule has 0 fully saturated rings. The summed E-state index contributed by atoms with van der Waals surface area (Å²) in [6, 6.07) is 1.05. The summed E-state index contributed by atoms with van der Waals surface area (Å²) in [6.07, 6.45) is 0. The summed E-state index contributed by atoms with van der Waals surface area (Å²) in [5, 5.41) is 21.4. The Morgan fingerprint density at radius 3 is 2.12 bits per heavy atom. The molecule has 1 aromatic carbocycles. The van der Waals surface area contributed by atoms with E-state index in [2.05, 4.69) is 0 Å². The fraction of sp³-hybridized carbons (Fsp3) is 0. The summed E-state index contributed by atoms with van der Waals surface area (Å²) in [7, 11) is -4.66. The van der Waals surface area contributed by atoms with Crippen molar-refractivity contribution in [2.24, 2.45) is 0 Å². The number of carbonyl (C=O) groups excluding carboxylic acids is 1. The third kappa shape index (κ3) is 5.54. The fourth-order valence-corrected chi connectivity index (χ4v) is 1.58. The maximum atomic E-state index is 11.0. The minimum absolute atomic E-state index is 0. The second-order valence-corrected chi connectivity index (χ2v) is 4.04. The van der Waals surface area contributed by atoms with Crippen LogP contribution in [0.15, 0.2) is 17.0 Å². The molecule has 0 saturated carbocycles. The van der Waals surface area contributed by atoms with Gasteiger partial charge in [-0.05, 0) is 17.7 Å². The predicted octanol–water partition coefficient (Wildman–Crippen LogP) is -8.04. The van der Waals surface area contributed by atoms with E-state index in [0.29, 0.717) is 12.1 Å². The van der Waals surface area contributed by atoms with Gasteiger partial charge >= 0.3 is 103 Å². The van der Waals surface area contributed by atoms with Crippen LogP contribution in [0.5, 0.6) is 5.75 Å². The summed E-state index contributed by atoms with van der Waals surface area (Å²) >= 11 is 0. The first-order valence-electron chi connectivity index (χ1n) is 3.53. The van der Waals surface area contributed by atoms with Crippen molar-refractivity contribution in [3.63, 3.8) is 0 Å². The number of carboxylic acids is 1. The normalized spacial score (nSPS) is 9.94. The van der Waals surface area contributed by atoms with Gasteiger partial charge in [0.15, 0.2) is 0 Å². The van der Waals surface area contributed by atoms with Crippen molar-refractivity contribution in [1.82, 2.24) is 0 Å². The molecule has 82 valence electrons. The number of anilines is 1. The molecule has 1 rings (SSSR count). The largest absolute Gasteiger partial charge is 1.00 e. The molecule has 0 bridgehead atoms. The Labute approximate surface area is 182 Å². The average Bonchev–Trinajstić information content (AvgIpc) is 2.00. The Bertz CT molecular complexity index is 529. The molecule has 3 N–H and O–H groups in total. The minimum atomic E-state index is -4.66. The third-order valence-corrected chi connectivity index (χ3v) is 2.52. The smallest absolute Gasteiger partial charge is 0.872 e. The van der Waals surface area contributed by atoms with E-state index in [1.807, 2.05) is 0 Å². The average molecular weight is 309 g/mol. The zero-order chi connectivity index (χ0) is 11.8. The number of nitrogen functional groups attached to an aromatic ring is 1. The van der Waals surface area contributed by atoms with Gasteiger partial charge in [-0.3, -0.25) is 4.55 Å². The minimum Gasteiger partial charge on any atom is -0.872 e. The van der Waals surface area contributed by atoms with Crippen LogP contribution in [0.25, 0.3) is 0 Å². The topological polar surface area (TPSA) is 144 Å². The molecule has 0 saturated heterocycles. The van der Waals surface area contributed by atoms with Gasteiger partial charge in [-0.1, -0.05) is 5.75 Å². The molecule has 10 heteroatoms. The Balaban J connectivity index is 0. The number of carboxylic acid groups (broad SMARTS) is 1. The van der Waals surface area contributed by atoms with Gasteiger partial charge in [0.05, 0.1) is 11.7 Å². The standard InChI is InChI=1S/C7H7NO6S.2K/c8-4-2-5(9)3(7(10)11)1-6(4)15(12,13)14;;/h1-2,9H,8H2,(H,10,11)(H,12,13,14);;/q;2*+1/p-2. The number of carbonyl (C=O) groups is 1. The zero-order valence-electron chi connectivity index (χ0n) is 9.13. The van der Waals surface area contributed by atoms with E-state index in [4.69, 9.17) is 10.3 Å². The Morgan fingerprint density at radius 2 is 1.76 bits per heavy atom. The van der Waals surface area contributed by atoms with Gasteiger partial charge in [0.2, 0.25) is 0 Å². The van der Waals surface area contributed by atoms with Crippen molar-refractivity contribution in [3.05, 3.63) is 17.7 Å². The van der Waals surface area contributed by atoms with Gasteiger partial charge in [0.1, 0.15) is 4.90 Å². The number of aromatic carboxylic acids is 1. The van der Waals surface area contributed by atoms with E-state index in [-0.39, 0.29) is 103 Å². The maximum absolute atomic E-state index is 11.0. The summed E-state index contributed by atoms with van der Waals surface area (Å²) in [5.74, 6) is -2.83. The van der Waals surface area contributed by atoms with Gasteiger partial charge < -0.3 is 20.7 Å². The third-order valence-electron chi connectivity index (χ3n) is 1.61. The molecule has 0 atom stereocenters. The summed E-state index contributed by atoms with van der Waals surface area (Å²) in [4.78, 5) is 9.55. The molecule has 0 unspecified atom stereocenters. The van der Waals surface area contributed by atoms with Crippen LogP contribution < -0.4 is 119 Å². The van der Waals surface area contributed by atoms with Gasteiger partial charge in [0.25, 0.3) is 10.1 Å². The molecule has 0 amide bonds. The van der Waals surface area contributed by atoms with Gasteiger partial charge in [0, 0.05) is 0 Å². The number of hydrogen-bond donors (Lipinski definition) is 2. The van der Waals surface area contributed by atoms with Crippen LogP contribution in [-0.4, -0.2) is 18.9 Å². The first-order valence-corrected chi connectivity index (χ1v) is 4.97. The molecular weight excluding hydrogens is 304 g/mol. The first kappa shape index (κ1) is 20.8. The molecule has 0 aliphatic carbocycles. The Kier molecular flexibility index (Phi) is 9.68. The van der Waals surface area contributed by atoms with Crippen LogP contribution in [0.3, 0.4) is 0 Å². The van der Waals surface area contributed by atoms with Crippen molar-refractivity contribution in [2.75, 3.05) is 5.73 Å². The van der Waals surface area contributed by atoms with Gasteiger partial charge in [-0.25, -0.2) is 0 Å². The number of hydrogen-bond acceptors (Lipinski definition) is 6. The Morgan fingerprint density at radius 1 is 1.29 bits per heavy atom. The van der Waals surface area contributed by atoms with E-state index < -0.39 is 38.0 Å². The first-order chi connectivity index (χ1) is 6.73. The molecule has 7 nitrogen and oxygen atoms in total. The van der Waals surface area contributed by atoms with Crippen LogP contribution >= 0.6 is 0 Å². The van der Waals surface area contributed by atoms with Crippen molar-refractivity contribution < 1.29 is 131 Å². The van der Waals surface area contributed by atoms with Gasteiger partial charge in [-0.15, -0.1) is 0 Å². The molecule has 17 heavy (non-hydrogen) atoms. The number of rotatable bonds is 2. The van der Waals surface area contributed by atoms with Crippen molar-refractivity contribution >= 4 is 21.8 Å². The predicted molar refractivity (Wildman–Crippen MR) is 44.4 cm³/mol. The molecule has 0 aliphatic rings. The quantitative estimate of drug-likeness (QED) is 0.313.